The highest BCUT2D eigenvalue weighted by molar-refractivity contribution is 7.89. The standard InChI is InChI=1S/C10H17N3O4S/c1-6(2)9(10(14)15)12-18(16,17)8-5-13(4)11-7(8)3/h5-6,9,12H,1-4H3,(H,14,15)/t9-/m1/s1. The van der Waals surface area contributed by atoms with Gasteiger partial charge in [-0.2, -0.15) is 9.82 Å². The van der Waals surface area contributed by atoms with Crippen molar-refractivity contribution < 1.29 is 18.3 Å². The van der Waals surface area contributed by atoms with E-state index in [0.29, 0.717) is 5.69 Å². The van der Waals surface area contributed by atoms with Gasteiger partial charge in [-0.25, -0.2) is 8.42 Å². The average Bonchev–Trinajstić information content (AvgIpc) is 2.54. The number of nitrogens with zero attached hydrogens (tertiary/aromatic N) is 2. The van der Waals surface area contributed by atoms with Gasteiger partial charge >= 0.3 is 5.97 Å². The number of rotatable bonds is 5. The summed E-state index contributed by atoms with van der Waals surface area (Å²) in [6.45, 7) is 4.83. The topological polar surface area (TPSA) is 101 Å². The fraction of sp³-hybridized carbons (Fsp3) is 0.600. The Bertz CT molecular complexity index is 547. The molecule has 0 aliphatic rings. The van der Waals surface area contributed by atoms with Gasteiger partial charge in [0.15, 0.2) is 0 Å². The molecule has 0 aromatic carbocycles. The molecule has 0 fully saturated rings. The van der Waals surface area contributed by atoms with Crippen molar-refractivity contribution in [2.45, 2.75) is 31.7 Å². The summed E-state index contributed by atoms with van der Waals surface area (Å²) < 4.78 is 27.7. The smallest absolute Gasteiger partial charge is 0.322 e. The zero-order valence-electron chi connectivity index (χ0n) is 10.7. The molecule has 0 saturated carbocycles. The van der Waals surface area contributed by atoms with E-state index in [1.807, 2.05) is 0 Å². The molecule has 0 amide bonds. The van der Waals surface area contributed by atoms with Crippen molar-refractivity contribution in [2.75, 3.05) is 0 Å². The molecule has 7 nitrogen and oxygen atoms in total. The van der Waals surface area contributed by atoms with Crippen LogP contribution < -0.4 is 4.72 Å². The van der Waals surface area contributed by atoms with Crippen LogP contribution >= 0.6 is 0 Å². The average molecular weight is 275 g/mol. The molecule has 1 atom stereocenters. The Balaban J connectivity index is 3.08. The molecule has 0 spiro atoms. The highest BCUT2D eigenvalue weighted by Gasteiger charge is 2.29. The zero-order chi connectivity index (χ0) is 14.1. The molecule has 1 aromatic rings. The lowest BCUT2D eigenvalue weighted by Gasteiger charge is -2.17. The molecule has 1 heterocycles. The fourth-order valence-electron chi connectivity index (χ4n) is 1.54. The predicted molar refractivity (Wildman–Crippen MR) is 64.5 cm³/mol. The minimum absolute atomic E-state index is 0.00287. The number of hydrogen-bond acceptors (Lipinski definition) is 4. The van der Waals surface area contributed by atoms with Crippen molar-refractivity contribution in [3.63, 3.8) is 0 Å². The third-order valence-electron chi connectivity index (χ3n) is 2.47. The molecule has 0 radical (unpaired) electrons. The Labute approximate surface area is 106 Å². The summed E-state index contributed by atoms with van der Waals surface area (Å²) in [5.41, 5.74) is 0.331. The summed E-state index contributed by atoms with van der Waals surface area (Å²) in [4.78, 5) is 11.0. The number of aliphatic carboxylic acids is 1. The van der Waals surface area contributed by atoms with E-state index >= 15 is 0 Å². The summed E-state index contributed by atoms with van der Waals surface area (Å²) >= 11 is 0. The summed E-state index contributed by atoms with van der Waals surface area (Å²) in [6, 6.07) is -1.16. The number of aromatic nitrogens is 2. The molecule has 18 heavy (non-hydrogen) atoms. The van der Waals surface area contributed by atoms with Crippen molar-refractivity contribution in [1.82, 2.24) is 14.5 Å². The second kappa shape index (κ2) is 5.07. The third-order valence-corrected chi connectivity index (χ3v) is 4.02. The van der Waals surface area contributed by atoms with Crippen LogP contribution in [-0.4, -0.2) is 35.3 Å². The van der Waals surface area contributed by atoms with E-state index < -0.39 is 22.0 Å². The lowest BCUT2D eigenvalue weighted by atomic mass is 10.1. The maximum Gasteiger partial charge on any atom is 0.322 e. The van der Waals surface area contributed by atoms with E-state index in [4.69, 9.17) is 5.11 Å². The molecule has 102 valence electrons. The number of sulfonamides is 1. The van der Waals surface area contributed by atoms with E-state index in [9.17, 15) is 13.2 Å². The van der Waals surface area contributed by atoms with Gasteiger partial charge in [-0.15, -0.1) is 0 Å². The van der Waals surface area contributed by atoms with Gasteiger partial charge in [-0.1, -0.05) is 13.8 Å². The van der Waals surface area contributed by atoms with Crippen LogP contribution in [0.1, 0.15) is 19.5 Å². The van der Waals surface area contributed by atoms with Gasteiger partial charge < -0.3 is 5.11 Å². The van der Waals surface area contributed by atoms with E-state index in [0.717, 1.165) is 0 Å². The van der Waals surface area contributed by atoms with Crippen LogP contribution in [0.4, 0.5) is 0 Å². The van der Waals surface area contributed by atoms with E-state index in [1.165, 1.54) is 10.9 Å². The zero-order valence-corrected chi connectivity index (χ0v) is 11.5. The first kappa shape index (κ1) is 14.7. The van der Waals surface area contributed by atoms with E-state index in [2.05, 4.69) is 9.82 Å². The Morgan fingerprint density at radius 1 is 1.50 bits per heavy atom. The number of aryl methyl sites for hydroxylation is 2. The van der Waals surface area contributed by atoms with Gasteiger partial charge in [0.25, 0.3) is 0 Å². The van der Waals surface area contributed by atoms with Crippen LogP contribution in [0.25, 0.3) is 0 Å². The maximum absolute atomic E-state index is 12.1. The third kappa shape index (κ3) is 3.08. The van der Waals surface area contributed by atoms with Gasteiger partial charge in [-0.05, 0) is 12.8 Å². The van der Waals surface area contributed by atoms with Crippen LogP contribution in [-0.2, 0) is 21.9 Å². The van der Waals surface area contributed by atoms with Crippen LogP contribution in [0.3, 0.4) is 0 Å². The summed E-state index contributed by atoms with van der Waals surface area (Å²) in [5, 5.41) is 12.9. The van der Waals surface area contributed by atoms with Gasteiger partial charge in [0.1, 0.15) is 10.9 Å². The Kier molecular flexibility index (Phi) is 4.12. The Morgan fingerprint density at radius 3 is 2.39 bits per heavy atom. The second-order valence-corrected chi connectivity index (χ2v) is 6.12. The highest BCUT2D eigenvalue weighted by atomic mass is 32.2. The molecular formula is C10H17N3O4S. The van der Waals surface area contributed by atoms with Crippen LogP contribution in [0.2, 0.25) is 0 Å². The molecular weight excluding hydrogens is 258 g/mol. The largest absolute Gasteiger partial charge is 0.480 e. The SMILES string of the molecule is Cc1nn(C)cc1S(=O)(=O)N[C@@H](C(=O)O)C(C)C. The van der Waals surface area contributed by atoms with Crippen molar-refractivity contribution in [2.24, 2.45) is 13.0 Å². The number of nitrogens with one attached hydrogen (secondary N) is 1. The van der Waals surface area contributed by atoms with Crippen LogP contribution in [0.15, 0.2) is 11.1 Å². The van der Waals surface area contributed by atoms with Crippen LogP contribution in [0.5, 0.6) is 0 Å². The molecule has 1 rings (SSSR count). The normalized spacial score (nSPS) is 13.8. The molecule has 2 N–H and O–H groups in total. The molecule has 0 unspecified atom stereocenters. The van der Waals surface area contributed by atoms with Crippen molar-refractivity contribution in [1.29, 1.82) is 0 Å². The summed E-state index contributed by atoms with van der Waals surface area (Å²) in [7, 11) is -2.27. The lowest BCUT2D eigenvalue weighted by Crippen LogP contribution is -2.44. The van der Waals surface area contributed by atoms with Gasteiger partial charge in [0, 0.05) is 13.2 Å². The minimum Gasteiger partial charge on any atom is -0.480 e. The molecule has 8 heteroatoms. The monoisotopic (exact) mass is 275 g/mol. The molecule has 0 aliphatic carbocycles. The Hall–Kier alpha value is -1.41. The molecule has 0 saturated heterocycles. The molecule has 0 bridgehead atoms. The predicted octanol–water partition coefficient (Wildman–Crippen LogP) is 0.116. The van der Waals surface area contributed by atoms with Crippen molar-refractivity contribution >= 4 is 16.0 Å². The minimum atomic E-state index is -3.87. The fourth-order valence-corrected chi connectivity index (χ4v) is 3.10. The van der Waals surface area contributed by atoms with E-state index in [-0.39, 0.29) is 10.8 Å². The van der Waals surface area contributed by atoms with E-state index in [1.54, 1.807) is 27.8 Å². The summed E-state index contributed by atoms with van der Waals surface area (Å²) in [5.74, 6) is -1.55. The molecule has 0 aliphatic heterocycles. The van der Waals surface area contributed by atoms with Crippen molar-refractivity contribution in [3.8, 4) is 0 Å². The van der Waals surface area contributed by atoms with Crippen molar-refractivity contribution in [3.05, 3.63) is 11.9 Å². The highest BCUT2D eigenvalue weighted by Crippen LogP contribution is 2.14. The first-order valence-corrected chi connectivity index (χ1v) is 6.89. The quantitative estimate of drug-likeness (QED) is 0.794. The van der Waals surface area contributed by atoms with Gasteiger partial charge in [-0.3, -0.25) is 9.48 Å². The first-order valence-electron chi connectivity index (χ1n) is 5.40. The maximum atomic E-state index is 12.1. The number of carbonyl (C=O) groups is 1. The van der Waals surface area contributed by atoms with Gasteiger partial charge in [0.05, 0.1) is 5.69 Å². The first-order chi connectivity index (χ1) is 8.15. The number of carboxylic acids is 1. The number of carboxylic acid groups (broad SMARTS) is 1. The Morgan fingerprint density at radius 2 is 2.06 bits per heavy atom. The molecule has 1 aromatic heterocycles. The van der Waals surface area contributed by atoms with Gasteiger partial charge in [0.2, 0.25) is 10.0 Å². The number of hydrogen-bond donors (Lipinski definition) is 2. The summed E-state index contributed by atoms with van der Waals surface area (Å²) in [6.07, 6.45) is 1.34. The lowest BCUT2D eigenvalue weighted by molar-refractivity contribution is -0.140. The van der Waals surface area contributed by atoms with Crippen LogP contribution in [0, 0.1) is 12.8 Å². The second-order valence-electron chi connectivity index (χ2n) is 4.43.